The molecule has 0 spiro atoms. The molecule has 2 heterocycles. The summed E-state index contributed by atoms with van der Waals surface area (Å²) in [7, 11) is -7.67. The Hall–Kier alpha value is -2.15. The van der Waals surface area contributed by atoms with E-state index in [1.165, 1.54) is 57.1 Å². The van der Waals surface area contributed by atoms with Gasteiger partial charge >= 0.3 is 0 Å². The number of hydrogen-bond donors (Lipinski definition) is 0. The summed E-state index contributed by atoms with van der Waals surface area (Å²) in [6.45, 7) is 8.17. The summed E-state index contributed by atoms with van der Waals surface area (Å²) in [5.74, 6) is -0.462. The van der Waals surface area contributed by atoms with Gasteiger partial charge in [0.05, 0.1) is 34.2 Å². The van der Waals surface area contributed by atoms with Gasteiger partial charge < -0.3 is 9.47 Å². The van der Waals surface area contributed by atoms with Crippen molar-refractivity contribution in [3.8, 4) is 0 Å². The fourth-order valence-corrected chi connectivity index (χ4v) is 7.99. The average molecular weight is 537 g/mol. The minimum atomic E-state index is -3.84. The smallest absolute Gasteiger partial charge is 0.243 e. The first-order chi connectivity index (χ1) is 16.9. The van der Waals surface area contributed by atoms with Gasteiger partial charge in [0.25, 0.3) is 0 Å². The molecule has 2 aromatic carbocycles. The molecule has 36 heavy (non-hydrogen) atoms. The molecule has 0 amide bonds. The number of carbonyl (C=O) groups excluding carboxylic acids is 1. The van der Waals surface area contributed by atoms with Crippen molar-refractivity contribution >= 4 is 25.8 Å². The maximum atomic E-state index is 13.3. The van der Waals surface area contributed by atoms with Crippen molar-refractivity contribution < 1.29 is 31.1 Å². The molecule has 2 aliphatic rings. The molecule has 2 fully saturated rings. The Morgan fingerprint density at radius 3 is 1.33 bits per heavy atom. The molecule has 0 bridgehead atoms. The van der Waals surface area contributed by atoms with Gasteiger partial charge in [-0.05, 0) is 52.0 Å². The van der Waals surface area contributed by atoms with Crippen LogP contribution in [-0.4, -0.2) is 81.8 Å². The summed E-state index contributed by atoms with van der Waals surface area (Å²) in [5, 5.41) is 0. The van der Waals surface area contributed by atoms with Gasteiger partial charge in [0.2, 0.25) is 20.0 Å². The second-order valence-corrected chi connectivity index (χ2v) is 13.4. The number of sulfonamides is 2. The molecule has 196 valence electrons. The minimum absolute atomic E-state index is 0.00900. The van der Waals surface area contributed by atoms with Crippen LogP contribution in [0.2, 0.25) is 0 Å². The highest BCUT2D eigenvalue weighted by Gasteiger charge is 2.34. The monoisotopic (exact) mass is 536 g/mol. The van der Waals surface area contributed by atoms with Gasteiger partial charge in [-0.1, -0.05) is 24.3 Å². The first-order valence-corrected chi connectivity index (χ1v) is 14.8. The first-order valence-electron chi connectivity index (χ1n) is 11.9. The lowest BCUT2D eigenvalue weighted by atomic mass is 10.0. The third-order valence-corrected chi connectivity index (χ3v) is 9.90. The first kappa shape index (κ1) is 26.9. The second-order valence-electron chi connectivity index (χ2n) is 9.54. The van der Waals surface area contributed by atoms with Gasteiger partial charge in [0.15, 0.2) is 5.78 Å². The van der Waals surface area contributed by atoms with Crippen LogP contribution in [0.3, 0.4) is 0 Å². The van der Waals surface area contributed by atoms with Crippen molar-refractivity contribution in [2.45, 2.75) is 61.9 Å². The zero-order chi connectivity index (χ0) is 26.3. The van der Waals surface area contributed by atoms with E-state index in [4.69, 9.17) is 9.47 Å². The lowest BCUT2D eigenvalue weighted by Crippen LogP contribution is -2.48. The molecular weight excluding hydrogens is 504 g/mol. The van der Waals surface area contributed by atoms with Crippen molar-refractivity contribution in [3.05, 3.63) is 59.7 Å². The third kappa shape index (κ3) is 5.56. The van der Waals surface area contributed by atoms with E-state index in [0.717, 1.165) is 0 Å². The van der Waals surface area contributed by atoms with Crippen molar-refractivity contribution in [1.82, 2.24) is 8.61 Å². The number of hydrogen-bond acceptors (Lipinski definition) is 7. The van der Waals surface area contributed by atoms with Crippen molar-refractivity contribution in [3.63, 3.8) is 0 Å². The van der Waals surface area contributed by atoms with Crippen LogP contribution in [0.4, 0.5) is 0 Å². The largest absolute Gasteiger partial charge is 0.373 e. The molecular formula is C25H32N2O7S2. The lowest BCUT2D eigenvalue weighted by Gasteiger charge is -2.34. The Balaban J connectivity index is 1.61. The van der Waals surface area contributed by atoms with Gasteiger partial charge in [0, 0.05) is 37.3 Å². The van der Waals surface area contributed by atoms with Crippen LogP contribution in [0.1, 0.15) is 43.6 Å². The van der Waals surface area contributed by atoms with Crippen LogP contribution < -0.4 is 0 Å². The molecule has 11 heteroatoms. The van der Waals surface area contributed by atoms with Crippen LogP contribution in [0.15, 0.2) is 58.3 Å². The van der Waals surface area contributed by atoms with E-state index in [0.29, 0.717) is 0 Å². The summed E-state index contributed by atoms with van der Waals surface area (Å²) in [6, 6.07) is 11.7. The lowest BCUT2D eigenvalue weighted by molar-refractivity contribution is -0.0442. The summed E-state index contributed by atoms with van der Waals surface area (Å²) in [5.41, 5.74) is 0.321. The molecule has 2 aliphatic heterocycles. The molecule has 4 rings (SSSR count). The average Bonchev–Trinajstić information content (AvgIpc) is 2.82. The molecule has 0 radical (unpaired) electrons. The quantitative estimate of drug-likeness (QED) is 0.522. The number of nitrogens with zero attached hydrogens (tertiary/aromatic N) is 2. The van der Waals surface area contributed by atoms with E-state index >= 15 is 0 Å². The summed E-state index contributed by atoms with van der Waals surface area (Å²) < 4.78 is 67.1. The Bertz CT molecular complexity index is 1220. The normalized spacial score (nSPS) is 26.6. The molecule has 0 N–H and O–H groups in total. The van der Waals surface area contributed by atoms with Crippen LogP contribution in [0.25, 0.3) is 0 Å². The maximum Gasteiger partial charge on any atom is 0.243 e. The standard InChI is InChI=1S/C25H32N2O7S2/c1-17-13-26(14-18(2)33-17)35(29,30)23-9-5-7-21(11-23)25(28)22-8-6-10-24(12-22)36(31,32)27-15-19(3)34-20(4)16-27/h5-12,17-20H,13-16H2,1-4H3/t17-,18-,19-,20+/m0/s1. The maximum absolute atomic E-state index is 13.3. The Labute approximate surface area is 213 Å². The molecule has 0 aromatic heterocycles. The number of morpholine rings is 2. The van der Waals surface area contributed by atoms with Crippen molar-refractivity contribution in [2.24, 2.45) is 0 Å². The topological polar surface area (TPSA) is 110 Å². The third-order valence-electron chi connectivity index (χ3n) is 6.24. The van der Waals surface area contributed by atoms with Crippen molar-refractivity contribution in [1.29, 1.82) is 0 Å². The van der Waals surface area contributed by atoms with E-state index in [9.17, 15) is 21.6 Å². The highest BCUT2D eigenvalue weighted by Crippen LogP contribution is 2.25. The molecule has 0 saturated carbocycles. The van der Waals surface area contributed by atoms with Gasteiger partial charge in [0.1, 0.15) is 0 Å². The molecule has 0 unspecified atom stereocenters. The van der Waals surface area contributed by atoms with E-state index in [-0.39, 0.29) is 71.5 Å². The molecule has 2 saturated heterocycles. The zero-order valence-corrected chi connectivity index (χ0v) is 22.5. The Kier molecular flexibility index (Phi) is 7.70. The number of carbonyl (C=O) groups is 1. The minimum Gasteiger partial charge on any atom is -0.373 e. The van der Waals surface area contributed by atoms with E-state index in [1.54, 1.807) is 0 Å². The van der Waals surface area contributed by atoms with Gasteiger partial charge in [-0.15, -0.1) is 0 Å². The predicted octanol–water partition coefficient (Wildman–Crippen LogP) is 2.51. The second kappa shape index (κ2) is 10.3. The fourth-order valence-electron chi connectivity index (χ4n) is 4.71. The number of benzene rings is 2. The van der Waals surface area contributed by atoms with Gasteiger partial charge in [-0.25, -0.2) is 16.8 Å². The number of ether oxygens (including phenoxy) is 2. The van der Waals surface area contributed by atoms with E-state index in [2.05, 4.69) is 0 Å². The molecule has 9 nitrogen and oxygen atoms in total. The SMILES string of the molecule is C[C@@H]1CN(S(=O)(=O)c2cccc(C(=O)c3cccc(S(=O)(=O)N4C[C@H](C)O[C@@H](C)C4)c3)c2)C[C@H](C)O1. The van der Waals surface area contributed by atoms with Crippen LogP contribution in [0, 0.1) is 0 Å². The fraction of sp³-hybridized carbons (Fsp3) is 0.480. The Morgan fingerprint density at radius 1 is 0.667 bits per heavy atom. The van der Waals surface area contributed by atoms with E-state index in [1.807, 2.05) is 27.7 Å². The molecule has 4 atom stereocenters. The molecule has 2 aromatic rings. The summed E-state index contributed by atoms with van der Waals surface area (Å²) in [6.07, 6.45) is -0.961. The van der Waals surface area contributed by atoms with Crippen LogP contribution in [0.5, 0.6) is 0 Å². The van der Waals surface area contributed by atoms with Crippen molar-refractivity contribution in [2.75, 3.05) is 26.2 Å². The highest BCUT2D eigenvalue weighted by molar-refractivity contribution is 7.89. The summed E-state index contributed by atoms with van der Waals surface area (Å²) in [4.78, 5) is 13.3. The molecule has 0 aliphatic carbocycles. The van der Waals surface area contributed by atoms with Gasteiger partial charge in [-0.2, -0.15) is 8.61 Å². The number of rotatable bonds is 6. The predicted molar refractivity (Wildman–Crippen MR) is 134 cm³/mol. The number of ketones is 1. The van der Waals surface area contributed by atoms with Crippen LogP contribution in [-0.2, 0) is 29.5 Å². The van der Waals surface area contributed by atoms with Gasteiger partial charge in [-0.3, -0.25) is 4.79 Å². The Morgan fingerprint density at radius 2 is 1.00 bits per heavy atom. The van der Waals surface area contributed by atoms with Crippen LogP contribution >= 0.6 is 0 Å². The van der Waals surface area contributed by atoms with E-state index < -0.39 is 25.8 Å². The highest BCUT2D eigenvalue weighted by atomic mass is 32.2. The zero-order valence-electron chi connectivity index (χ0n) is 20.8. The summed E-state index contributed by atoms with van der Waals surface area (Å²) >= 11 is 0.